The summed E-state index contributed by atoms with van der Waals surface area (Å²) in [4.78, 5) is 24.0. The van der Waals surface area contributed by atoms with Crippen LogP contribution in [0.4, 0.5) is 15.8 Å². The second-order valence-electron chi connectivity index (χ2n) is 8.40. The van der Waals surface area contributed by atoms with Crippen LogP contribution in [0, 0.1) is 5.82 Å². The molecular weight excluding hydrogens is 433 g/mol. The van der Waals surface area contributed by atoms with Crippen LogP contribution in [0.1, 0.15) is 43.5 Å². The number of allylic oxidation sites excluding steroid dienone is 1. The minimum Gasteiger partial charge on any atom is -0.497 e. The third-order valence-electron chi connectivity index (χ3n) is 5.83. The lowest BCUT2D eigenvalue weighted by Crippen LogP contribution is -2.43. The molecule has 34 heavy (non-hydrogen) atoms. The number of anilines is 2. The predicted octanol–water partition coefficient (Wildman–Crippen LogP) is 4.77. The summed E-state index contributed by atoms with van der Waals surface area (Å²) >= 11 is 0. The minimum absolute atomic E-state index is 0.0623. The Morgan fingerprint density at radius 2 is 2.12 bits per heavy atom. The number of carbonyl (C=O) groups excluding carboxylic acids is 1. The van der Waals surface area contributed by atoms with Crippen molar-refractivity contribution in [2.45, 2.75) is 39.2 Å². The molecule has 7 nitrogen and oxygen atoms in total. The number of hydrogen-bond acceptors (Lipinski definition) is 5. The first-order chi connectivity index (χ1) is 16.5. The number of hydrogen-bond donors (Lipinski definition) is 2. The fraction of sp³-hybridized carbons (Fsp3) is 0.346. The van der Waals surface area contributed by atoms with E-state index in [1.54, 1.807) is 19.2 Å². The SMILES string of the molecule is COc1ccc2c(c1)NC(=NCCCCNC(=O)c1ccccc1F)C1=N[C@H](C)CC=C(C)N12. The highest BCUT2D eigenvalue weighted by atomic mass is 19.1. The highest BCUT2D eigenvalue weighted by Gasteiger charge is 2.30. The maximum absolute atomic E-state index is 13.7. The fourth-order valence-corrected chi connectivity index (χ4v) is 3.99. The molecule has 0 radical (unpaired) electrons. The molecule has 0 spiro atoms. The van der Waals surface area contributed by atoms with Crippen LogP contribution in [0.25, 0.3) is 0 Å². The summed E-state index contributed by atoms with van der Waals surface area (Å²) in [6.07, 6.45) is 4.57. The van der Waals surface area contributed by atoms with Crippen molar-refractivity contribution in [1.82, 2.24) is 5.32 Å². The Balaban J connectivity index is 1.43. The number of methoxy groups -OCH3 is 1. The number of amidine groups is 2. The Hall–Kier alpha value is -3.68. The first-order valence-electron chi connectivity index (χ1n) is 11.5. The largest absolute Gasteiger partial charge is 0.497 e. The molecule has 0 saturated heterocycles. The molecule has 2 aromatic carbocycles. The van der Waals surface area contributed by atoms with Gasteiger partial charge >= 0.3 is 0 Å². The van der Waals surface area contributed by atoms with Crippen molar-refractivity contribution in [2.75, 3.05) is 30.4 Å². The van der Waals surface area contributed by atoms with E-state index in [1.165, 1.54) is 12.1 Å². The lowest BCUT2D eigenvalue weighted by molar-refractivity contribution is 0.0949. The van der Waals surface area contributed by atoms with Gasteiger partial charge in [-0.3, -0.25) is 19.7 Å². The molecule has 2 aromatic rings. The first kappa shape index (κ1) is 23.5. The van der Waals surface area contributed by atoms with E-state index in [2.05, 4.69) is 35.5 Å². The lowest BCUT2D eigenvalue weighted by Gasteiger charge is -2.34. The van der Waals surface area contributed by atoms with Crippen molar-refractivity contribution < 1.29 is 13.9 Å². The van der Waals surface area contributed by atoms with Gasteiger partial charge in [-0.1, -0.05) is 18.2 Å². The molecule has 0 aromatic heterocycles. The predicted molar refractivity (Wildman–Crippen MR) is 135 cm³/mol. The molecule has 0 fully saturated rings. The third-order valence-corrected chi connectivity index (χ3v) is 5.83. The molecule has 2 heterocycles. The molecule has 1 atom stereocenters. The Kier molecular flexibility index (Phi) is 7.25. The summed E-state index contributed by atoms with van der Waals surface area (Å²) in [5.41, 5.74) is 3.10. The van der Waals surface area contributed by atoms with Crippen LogP contribution in [-0.4, -0.2) is 43.8 Å². The maximum atomic E-state index is 13.7. The van der Waals surface area contributed by atoms with Crippen LogP contribution in [-0.2, 0) is 0 Å². The number of halogens is 1. The van der Waals surface area contributed by atoms with Crippen molar-refractivity contribution in [1.29, 1.82) is 0 Å². The summed E-state index contributed by atoms with van der Waals surface area (Å²) in [7, 11) is 1.65. The molecule has 2 N–H and O–H groups in total. The average molecular weight is 464 g/mol. The van der Waals surface area contributed by atoms with Gasteiger partial charge in [0, 0.05) is 24.9 Å². The van der Waals surface area contributed by atoms with Crippen LogP contribution in [0.15, 0.2) is 64.2 Å². The monoisotopic (exact) mass is 463 g/mol. The van der Waals surface area contributed by atoms with Gasteiger partial charge in [0.15, 0.2) is 11.7 Å². The van der Waals surface area contributed by atoms with Gasteiger partial charge in [0.25, 0.3) is 5.91 Å². The number of amides is 1. The molecule has 2 aliphatic rings. The second-order valence-corrected chi connectivity index (χ2v) is 8.40. The molecule has 0 aliphatic carbocycles. The summed E-state index contributed by atoms with van der Waals surface area (Å²) in [6.45, 7) is 5.21. The van der Waals surface area contributed by atoms with Crippen LogP contribution in [0.3, 0.4) is 0 Å². The van der Waals surface area contributed by atoms with E-state index in [-0.39, 0.29) is 11.6 Å². The lowest BCUT2D eigenvalue weighted by atomic mass is 10.1. The van der Waals surface area contributed by atoms with Gasteiger partial charge < -0.3 is 15.4 Å². The minimum atomic E-state index is -0.515. The number of ether oxygens (including phenoxy) is 1. The zero-order valence-electron chi connectivity index (χ0n) is 19.8. The Morgan fingerprint density at radius 3 is 2.91 bits per heavy atom. The van der Waals surface area contributed by atoms with E-state index in [1.807, 2.05) is 18.2 Å². The van der Waals surface area contributed by atoms with Gasteiger partial charge in [-0.05, 0) is 57.4 Å². The van der Waals surface area contributed by atoms with Crippen molar-refractivity contribution in [3.05, 3.63) is 65.6 Å². The molecule has 4 rings (SSSR count). The van der Waals surface area contributed by atoms with Crippen molar-refractivity contribution >= 4 is 29.0 Å². The average Bonchev–Trinajstić information content (AvgIpc) is 2.99. The van der Waals surface area contributed by atoms with Crippen molar-refractivity contribution in [3.8, 4) is 5.75 Å². The zero-order chi connectivity index (χ0) is 24.1. The molecule has 0 unspecified atom stereocenters. The number of nitrogens with zero attached hydrogens (tertiary/aromatic N) is 3. The second kappa shape index (κ2) is 10.5. The quantitative estimate of drug-likeness (QED) is 0.580. The smallest absolute Gasteiger partial charge is 0.254 e. The number of rotatable bonds is 7. The van der Waals surface area contributed by atoms with E-state index in [0.29, 0.717) is 13.1 Å². The number of fused-ring (bicyclic) bond motifs is 3. The molecule has 0 saturated carbocycles. The van der Waals surface area contributed by atoms with Crippen molar-refractivity contribution in [2.24, 2.45) is 9.98 Å². The third kappa shape index (κ3) is 5.11. The summed E-state index contributed by atoms with van der Waals surface area (Å²) in [6, 6.07) is 12.1. The van der Waals surface area contributed by atoms with Gasteiger partial charge in [-0.25, -0.2) is 4.39 Å². The Morgan fingerprint density at radius 1 is 1.29 bits per heavy atom. The van der Waals surface area contributed by atoms with E-state index >= 15 is 0 Å². The zero-order valence-corrected chi connectivity index (χ0v) is 19.8. The normalized spacial score (nSPS) is 18.2. The molecule has 0 bridgehead atoms. The maximum Gasteiger partial charge on any atom is 0.254 e. The van der Waals surface area contributed by atoms with Crippen LogP contribution in [0.2, 0.25) is 0 Å². The van der Waals surface area contributed by atoms with Gasteiger partial charge in [0.2, 0.25) is 0 Å². The number of benzene rings is 2. The molecule has 178 valence electrons. The molecule has 1 amide bonds. The standard InChI is InChI=1S/C26H30FN5O2/c1-17-10-11-18(2)32-23-13-12-19(34-3)16-22(23)31-24(25(32)30-17)28-14-6-7-15-29-26(33)20-8-4-5-9-21(20)27/h4-5,8-9,11-13,16-17H,6-7,10,14-15H2,1-3H3,(H,28,31)(H,29,33)/t17-/m1/s1. The molecule has 2 aliphatic heterocycles. The summed E-state index contributed by atoms with van der Waals surface area (Å²) < 4.78 is 19.1. The highest BCUT2D eigenvalue weighted by molar-refractivity contribution is 6.52. The van der Waals surface area contributed by atoms with E-state index in [4.69, 9.17) is 14.7 Å². The fourth-order valence-electron chi connectivity index (χ4n) is 3.99. The van der Waals surface area contributed by atoms with Crippen LogP contribution < -0.4 is 20.3 Å². The summed E-state index contributed by atoms with van der Waals surface area (Å²) in [5.74, 6) is 1.38. The Bertz CT molecular complexity index is 1160. The van der Waals surface area contributed by atoms with Crippen LogP contribution in [0.5, 0.6) is 5.75 Å². The Labute approximate surface area is 199 Å². The number of unbranched alkanes of at least 4 members (excludes halogenated alkanes) is 1. The van der Waals surface area contributed by atoms with E-state index < -0.39 is 11.7 Å². The van der Waals surface area contributed by atoms with E-state index in [9.17, 15) is 9.18 Å². The number of nitrogens with one attached hydrogen (secondary N) is 2. The first-order valence-corrected chi connectivity index (χ1v) is 11.5. The van der Waals surface area contributed by atoms with Gasteiger partial charge in [-0.15, -0.1) is 0 Å². The van der Waals surface area contributed by atoms with Gasteiger partial charge in [0.05, 0.1) is 30.1 Å². The number of aliphatic imine (C=N–C) groups is 2. The highest BCUT2D eigenvalue weighted by Crippen LogP contribution is 2.37. The molecular formula is C26H30FN5O2. The summed E-state index contributed by atoms with van der Waals surface area (Å²) in [5, 5.41) is 6.21. The van der Waals surface area contributed by atoms with Gasteiger partial charge in [0.1, 0.15) is 11.6 Å². The van der Waals surface area contributed by atoms with Crippen LogP contribution >= 0.6 is 0 Å². The number of carbonyl (C=O) groups is 1. The van der Waals surface area contributed by atoms with Crippen molar-refractivity contribution in [3.63, 3.8) is 0 Å². The van der Waals surface area contributed by atoms with Gasteiger partial charge in [-0.2, -0.15) is 0 Å². The van der Waals surface area contributed by atoms with E-state index in [0.717, 1.165) is 53.8 Å². The topological polar surface area (TPSA) is 78.3 Å². The molecule has 8 heteroatoms.